The molecule has 1 rings (SSSR count). The second-order valence-corrected chi connectivity index (χ2v) is 4.85. The molecule has 1 N–H and O–H groups in total. The molecular weight excluding hydrogens is 256 g/mol. The van der Waals surface area contributed by atoms with Gasteiger partial charge in [-0.3, -0.25) is 4.79 Å². The Kier molecular flexibility index (Phi) is 6.03. The van der Waals surface area contributed by atoms with Crippen molar-refractivity contribution >= 4 is 12.0 Å². The van der Waals surface area contributed by atoms with Crippen molar-refractivity contribution in [3.8, 4) is 0 Å². The van der Waals surface area contributed by atoms with Crippen LogP contribution in [0.3, 0.4) is 0 Å². The van der Waals surface area contributed by atoms with Crippen LogP contribution in [0.4, 0.5) is 4.79 Å². The summed E-state index contributed by atoms with van der Waals surface area (Å²) in [6, 6.07) is 7.85. The van der Waals surface area contributed by atoms with E-state index >= 15 is 0 Å². The molecule has 0 bridgehead atoms. The number of urea groups is 1. The van der Waals surface area contributed by atoms with Gasteiger partial charge in [-0.2, -0.15) is 0 Å². The molecule has 1 aromatic rings. The van der Waals surface area contributed by atoms with Crippen molar-refractivity contribution in [3.63, 3.8) is 0 Å². The number of rotatable bonds is 6. The van der Waals surface area contributed by atoms with Crippen molar-refractivity contribution in [2.24, 2.45) is 0 Å². The van der Waals surface area contributed by atoms with Crippen LogP contribution in [-0.2, 0) is 11.3 Å². The number of carboxylic acids is 1. The summed E-state index contributed by atoms with van der Waals surface area (Å²) in [7, 11) is 1.73. The van der Waals surface area contributed by atoms with Crippen LogP contribution in [0.1, 0.15) is 24.5 Å². The number of amides is 2. The van der Waals surface area contributed by atoms with Crippen LogP contribution in [-0.4, -0.2) is 47.0 Å². The SMILES string of the molecule is CCN(CCC(=O)O)C(=O)N(C)Cc1cccc(C)c1. The standard InChI is InChI=1S/C15H22N2O3/c1-4-17(9-8-14(18)19)15(20)16(3)11-13-7-5-6-12(2)10-13/h5-7,10H,4,8-9,11H2,1-3H3,(H,18,19). The van der Waals surface area contributed by atoms with E-state index in [1.807, 2.05) is 38.1 Å². The third kappa shape index (κ3) is 4.91. The van der Waals surface area contributed by atoms with E-state index in [1.165, 1.54) is 0 Å². The van der Waals surface area contributed by atoms with Crippen LogP contribution in [0.2, 0.25) is 0 Å². The van der Waals surface area contributed by atoms with Gasteiger partial charge < -0.3 is 14.9 Å². The zero-order valence-corrected chi connectivity index (χ0v) is 12.3. The Morgan fingerprint density at radius 2 is 2.00 bits per heavy atom. The minimum Gasteiger partial charge on any atom is -0.481 e. The first-order chi connectivity index (χ1) is 9.43. The van der Waals surface area contributed by atoms with E-state index in [9.17, 15) is 9.59 Å². The Bertz CT molecular complexity index is 474. The Labute approximate surface area is 119 Å². The molecule has 0 atom stereocenters. The Morgan fingerprint density at radius 3 is 2.55 bits per heavy atom. The van der Waals surface area contributed by atoms with Gasteiger partial charge in [-0.25, -0.2) is 4.79 Å². The highest BCUT2D eigenvalue weighted by molar-refractivity contribution is 5.75. The maximum Gasteiger partial charge on any atom is 0.320 e. The van der Waals surface area contributed by atoms with Gasteiger partial charge in [-0.05, 0) is 19.4 Å². The highest BCUT2D eigenvalue weighted by atomic mass is 16.4. The van der Waals surface area contributed by atoms with Crippen molar-refractivity contribution in [1.82, 2.24) is 9.80 Å². The molecular formula is C15H22N2O3. The number of aliphatic carboxylic acids is 1. The fourth-order valence-corrected chi connectivity index (χ4v) is 2.01. The smallest absolute Gasteiger partial charge is 0.320 e. The third-order valence-electron chi connectivity index (χ3n) is 3.08. The molecule has 2 amide bonds. The lowest BCUT2D eigenvalue weighted by molar-refractivity contribution is -0.137. The predicted octanol–water partition coefficient (Wildman–Crippen LogP) is 2.34. The van der Waals surface area contributed by atoms with Crippen molar-refractivity contribution in [1.29, 1.82) is 0 Å². The topological polar surface area (TPSA) is 60.9 Å². The summed E-state index contributed by atoms with van der Waals surface area (Å²) in [5, 5.41) is 8.69. The molecule has 5 heteroatoms. The van der Waals surface area contributed by atoms with Gasteiger partial charge in [0.05, 0.1) is 6.42 Å². The molecule has 0 aliphatic rings. The molecule has 0 saturated carbocycles. The summed E-state index contributed by atoms with van der Waals surface area (Å²) in [6.45, 7) is 5.12. The molecule has 0 saturated heterocycles. The Hall–Kier alpha value is -2.04. The molecule has 0 aromatic heterocycles. The quantitative estimate of drug-likeness (QED) is 0.869. The third-order valence-corrected chi connectivity index (χ3v) is 3.08. The van der Waals surface area contributed by atoms with Crippen LogP contribution >= 0.6 is 0 Å². The van der Waals surface area contributed by atoms with Gasteiger partial charge in [0.25, 0.3) is 0 Å². The number of aryl methyl sites for hydroxylation is 1. The summed E-state index contributed by atoms with van der Waals surface area (Å²) in [5.74, 6) is -0.891. The van der Waals surface area contributed by atoms with Crippen molar-refractivity contribution in [2.45, 2.75) is 26.8 Å². The number of carboxylic acid groups (broad SMARTS) is 1. The van der Waals surface area contributed by atoms with E-state index in [4.69, 9.17) is 5.11 Å². The zero-order valence-electron chi connectivity index (χ0n) is 12.3. The number of carbonyl (C=O) groups excluding carboxylic acids is 1. The lowest BCUT2D eigenvalue weighted by Crippen LogP contribution is -2.41. The Morgan fingerprint density at radius 1 is 1.30 bits per heavy atom. The molecule has 0 spiro atoms. The minimum absolute atomic E-state index is 0.0299. The van der Waals surface area contributed by atoms with Crippen LogP contribution in [0.25, 0.3) is 0 Å². The lowest BCUT2D eigenvalue weighted by Gasteiger charge is -2.27. The first-order valence-electron chi connectivity index (χ1n) is 6.71. The van der Waals surface area contributed by atoms with Gasteiger partial charge in [-0.1, -0.05) is 29.8 Å². The van der Waals surface area contributed by atoms with Gasteiger partial charge in [0, 0.05) is 26.7 Å². The molecule has 0 unspecified atom stereocenters. The summed E-state index contributed by atoms with van der Waals surface area (Å²) < 4.78 is 0. The summed E-state index contributed by atoms with van der Waals surface area (Å²) >= 11 is 0. The molecule has 20 heavy (non-hydrogen) atoms. The average molecular weight is 278 g/mol. The van der Waals surface area contributed by atoms with Gasteiger partial charge in [0.1, 0.15) is 0 Å². The van der Waals surface area contributed by atoms with Gasteiger partial charge in [-0.15, -0.1) is 0 Å². The van der Waals surface area contributed by atoms with Crippen LogP contribution < -0.4 is 0 Å². The molecule has 5 nitrogen and oxygen atoms in total. The Balaban J connectivity index is 2.62. The number of hydrogen-bond acceptors (Lipinski definition) is 2. The van der Waals surface area contributed by atoms with Crippen LogP contribution in [0, 0.1) is 6.92 Å². The van der Waals surface area contributed by atoms with Crippen LogP contribution in [0.5, 0.6) is 0 Å². The fraction of sp³-hybridized carbons (Fsp3) is 0.467. The van der Waals surface area contributed by atoms with Gasteiger partial charge >= 0.3 is 12.0 Å². The molecule has 1 aromatic carbocycles. The number of nitrogens with zero attached hydrogens (tertiary/aromatic N) is 2. The van der Waals surface area contributed by atoms with E-state index in [1.54, 1.807) is 16.8 Å². The summed E-state index contributed by atoms with van der Waals surface area (Å²) in [6.07, 6.45) is -0.0299. The lowest BCUT2D eigenvalue weighted by atomic mass is 10.1. The van der Waals surface area contributed by atoms with Crippen molar-refractivity contribution in [3.05, 3.63) is 35.4 Å². The van der Waals surface area contributed by atoms with Crippen molar-refractivity contribution in [2.75, 3.05) is 20.1 Å². The predicted molar refractivity (Wildman–Crippen MR) is 77.5 cm³/mol. The van der Waals surface area contributed by atoms with E-state index in [0.717, 1.165) is 11.1 Å². The van der Waals surface area contributed by atoms with Crippen LogP contribution in [0.15, 0.2) is 24.3 Å². The monoisotopic (exact) mass is 278 g/mol. The largest absolute Gasteiger partial charge is 0.481 e. The van der Waals surface area contributed by atoms with E-state index in [2.05, 4.69) is 0 Å². The highest BCUT2D eigenvalue weighted by Crippen LogP contribution is 2.08. The second kappa shape index (κ2) is 7.53. The molecule has 0 fully saturated rings. The number of hydrogen-bond donors (Lipinski definition) is 1. The zero-order chi connectivity index (χ0) is 15.1. The molecule has 0 radical (unpaired) electrons. The van der Waals surface area contributed by atoms with E-state index in [-0.39, 0.29) is 19.0 Å². The second-order valence-electron chi connectivity index (χ2n) is 4.85. The van der Waals surface area contributed by atoms with Crippen molar-refractivity contribution < 1.29 is 14.7 Å². The average Bonchev–Trinajstić information content (AvgIpc) is 2.38. The molecule has 0 aliphatic heterocycles. The number of carbonyl (C=O) groups is 2. The highest BCUT2D eigenvalue weighted by Gasteiger charge is 2.17. The summed E-state index contributed by atoms with van der Waals surface area (Å²) in [5.41, 5.74) is 2.22. The number of benzene rings is 1. The maximum atomic E-state index is 12.2. The molecule has 0 heterocycles. The van der Waals surface area contributed by atoms with Gasteiger partial charge in [0.15, 0.2) is 0 Å². The molecule has 110 valence electrons. The molecule has 0 aliphatic carbocycles. The minimum atomic E-state index is -0.891. The maximum absolute atomic E-state index is 12.2. The summed E-state index contributed by atoms with van der Waals surface area (Å²) in [4.78, 5) is 26.0. The first-order valence-corrected chi connectivity index (χ1v) is 6.71. The van der Waals surface area contributed by atoms with E-state index < -0.39 is 5.97 Å². The van der Waals surface area contributed by atoms with E-state index in [0.29, 0.717) is 13.1 Å². The normalized spacial score (nSPS) is 10.2. The first kappa shape index (κ1) is 16.0. The van der Waals surface area contributed by atoms with Gasteiger partial charge in [0.2, 0.25) is 0 Å². The fourth-order valence-electron chi connectivity index (χ4n) is 2.01.